The topological polar surface area (TPSA) is 131 Å². The van der Waals surface area contributed by atoms with E-state index in [0.29, 0.717) is 17.2 Å². The minimum atomic E-state index is -3.30. The van der Waals surface area contributed by atoms with Gasteiger partial charge in [0.05, 0.1) is 43.0 Å². The highest BCUT2D eigenvalue weighted by atomic mass is 32.2. The van der Waals surface area contributed by atoms with Crippen LogP contribution in [0.25, 0.3) is 0 Å². The molecule has 9 nitrogen and oxygen atoms in total. The van der Waals surface area contributed by atoms with E-state index in [1.807, 2.05) is 6.07 Å². The Labute approximate surface area is 173 Å². The Morgan fingerprint density at radius 3 is 2.57 bits per heavy atom. The van der Waals surface area contributed by atoms with Crippen molar-refractivity contribution in [3.05, 3.63) is 45.2 Å². The number of aromatic hydroxyl groups is 1. The number of benzene rings is 1. The Kier molecular flexibility index (Phi) is 5.85. The van der Waals surface area contributed by atoms with E-state index in [0.717, 1.165) is 4.57 Å². The molecule has 1 unspecified atom stereocenters. The van der Waals surface area contributed by atoms with Crippen molar-refractivity contribution < 1.29 is 23.0 Å². The molecular weight excluding hydrogens is 410 g/mol. The van der Waals surface area contributed by atoms with Gasteiger partial charge in [-0.05, 0) is 31.0 Å². The summed E-state index contributed by atoms with van der Waals surface area (Å²) in [6, 6.07) is 6.10. The summed E-state index contributed by atoms with van der Waals surface area (Å²) in [5, 5.41) is 20.2. The zero-order chi connectivity index (χ0) is 22.1. The molecule has 0 saturated carbocycles. The van der Waals surface area contributed by atoms with Gasteiger partial charge in [0.25, 0.3) is 5.56 Å². The molecule has 1 atom stereocenters. The van der Waals surface area contributed by atoms with Gasteiger partial charge in [0.2, 0.25) is 5.88 Å². The van der Waals surface area contributed by atoms with Crippen molar-refractivity contribution in [3.8, 4) is 23.4 Å². The van der Waals surface area contributed by atoms with Crippen molar-refractivity contribution in [1.29, 1.82) is 5.26 Å². The van der Waals surface area contributed by atoms with Gasteiger partial charge in [0.15, 0.2) is 21.3 Å². The zero-order valence-corrected chi connectivity index (χ0v) is 17.6. The molecule has 1 N–H and O–H groups in total. The number of rotatable bonds is 5. The van der Waals surface area contributed by atoms with Crippen LogP contribution in [0.15, 0.2) is 28.0 Å². The molecule has 1 aromatic heterocycles. The number of pyridine rings is 1. The van der Waals surface area contributed by atoms with Gasteiger partial charge in [-0.2, -0.15) is 5.26 Å². The second-order valence-electron chi connectivity index (χ2n) is 6.88. The van der Waals surface area contributed by atoms with Crippen molar-refractivity contribution in [2.75, 3.05) is 25.7 Å². The van der Waals surface area contributed by atoms with Gasteiger partial charge < -0.3 is 14.6 Å². The van der Waals surface area contributed by atoms with E-state index in [1.54, 1.807) is 18.2 Å². The summed E-state index contributed by atoms with van der Waals surface area (Å²) in [4.78, 5) is 17.1. The molecule has 1 aliphatic heterocycles. The molecule has 0 radical (unpaired) electrons. The van der Waals surface area contributed by atoms with Crippen LogP contribution in [-0.2, 0) is 9.84 Å². The highest BCUT2D eigenvalue weighted by Crippen LogP contribution is 2.32. The van der Waals surface area contributed by atoms with E-state index in [1.165, 1.54) is 27.4 Å². The number of methoxy groups -OCH3 is 2. The van der Waals surface area contributed by atoms with Crippen molar-refractivity contribution in [3.63, 3.8) is 0 Å². The number of sulfone groups is 1. The molecule has 0 spiro atoms. The van der Waals surface area contributed by atoms with Crippen molar-refractivity contribution in [1.82, 2.24) is 4.57 Å². The lowest BCUT2D eigenvalue weighted by Gasteiger charge is -2.18. The number of hydrogen-bond acceptors (Lipinski definition) is 8. The number of aromatic nitrogens is 1. The summed E-state index contributed by atoms with van der Waals surface area (Å²) in [5.74, 6) is 0.239. The summed E-state index contributed by atoms with van der Waals surface area (Å²) < 4.78 is 35.1. The normalized spacial score (nSPS) is 17.7. The van der Waals surface area contributed by atoms with E-state index >= 15 is 0 Å². The molecule has 2 aromatic rings. The van der Waals surface area contributed by atoms with Crippen LogP contribution in [0.2, 0.25) is 0 Å². The Bertz CT molecular complexity index is 1220. The van der Waals surface area contributed by atoms with Crippen LogP contribution < -0.4 is 15.0 Å². The Morgan fingerprint density at radius 1 is 1.30 bits per heavy atom. The molecule has 0 amide bonds. The summed E-state index contributed by atoms with van der Waals surface area (Å²) in [5.41, 5.74) is 0.0569. The summed E-state index contributed by atoms with van der Waals surface area (Å²) in [6.07, 6.45) is 1.53. The van der Waals surface area contributed by atoms with Gasteiger partial charge in [-0.3, -0.25) is 14.4 Å². The molecule has 0 aliphatic carbocycles. The lowest BCUT2D eigenvalue weighted by Crippen LogP contribution is -2.29. The number of nitriles is 1. The van der Waals surface area contributed by atoms with E-state index in [9.17, 15) is 23.6 Å². The minimum Gasteiger partial charge on any atom is -0.494 e. The molecule has 3 rings (SSSR count). The third-order valence-corrected chi connectivity index (χ3v) is 6.83. The second kappa shape index (κ2) is 8.20. The maximum Gasteiger partial charge on any atom is 0.271 e. The van der Waals surface area contributed by atoms with Crippen molar-refractivity contribution >= 4 is 21.7 Å². The monoisotopic (exact) mass is 431 g/mol. The molecule has 2 heterocycles. The molecular formula is C20H21N3O6S. The van der Waals surface area contributed by atoms with Crippen LogP contribution in [0.4, 0.5) is 5.69 Å². The highest BCUT2D eigenvalue weighted by molar-refractivity contribution is 7.91. The van der Waals surface area contributed by atoms with E-state index in [4.69, 9.17) is 9.47 Å². The van der Waals surface area contributed by atoms with E-state index < -0.39 is 27.3 Å². The van der Waals surface area contributed by atoms with Crippen LogP contribution in [0.5, 0.6) is 17.4 Å². The molecule has 1 saturated heterocycles. The van der Waals surface area contributed by atoms with Crippen LogP contribution in [0.1, 0.15) is 29.2 Å². The predicted molar refractivity (Wildman–Crippen MR) is 111 cm³/mol. The highest BCUT2D eigenvalue weighted by Gasteiger charge is 2.33. The summed E-state index contributed by atoms with van der Waals surface area (Å²) >= 11 is 0. The smallest absolute Gasteiger partial charge is 0.271 e. The van der Waals surface area contributed by atoms with Crippen molar-refractivity contribution in [2.45, 2.75) is 19.4 Å². The average molecular weight is 431 g/mol. The molecule has 10 heteroatoms. The summed E-state index contributed by atoms with van der Waals surface area (Å²) in [6.45, 7) is 1.53. The van der Waals surface area contributed by atoms with Crippen molar-refractivity contribution in [2.24, 2.45) is 4.99 Å². The third-order valence-electron chi connectivity index (χ3n) is 5.08. The molecule has 1 aliphatic rings. The minimum absolute atomic E-state index is 0.0750. The molecule has 0 bridgehead atoms. The van der Waals surface area contributed by atoms with Gasteiger partial charge in [-0.25, -0.2) is 8.42 Å². The Morgan fingerprint density at radius 2 is 2.00 bits per heavy atom. The van der Waals surface area contributed by atoms with Crippen LogP contribution in [0, 0.1) is 18.3 Å². The number of aliphatic imine (C=N–C) groups is 1. The second-order valence-corrected chi connectivity index (χ2v) is 9.11. The van der Waals surface area contributed by atoms with Gasteiger partial charge in [-0.1, -0.05) is 0 Å². The van der Waals surface area contributed by atoms with Gasteiger partial charge >= 0.3 is 0 Å². The fraction of sp³-hybridized carbons (Fsp3) is 0.350. The maximum atomic E-state index is 12.7. The fourth-order valence-electron chi connectivity index (χ4n) is 3.46. The van der Waals surface area contributed by atoms with Gasteiger partial charge in [0.1, 0.15) is 11.6 Å². The van der Waals surface area contributed by atoms with Gasteiger partial charge in [-0.15, -0.1) is 0 Å². The standard InChI is InChI=1S/C20H21N3O6S/c1-12-15(9-21)19(24)23(14-6-7-30(26,27)11-14)20(25)16(12)10-22-13-4-5-17(28-2)18(8-13)29-3/h4-5,8,10,14,25H,6-7,11H2,1-3H3. The number of hydrogen-bond donors (Lipinski definition) is 1. The van der Waals surface area contributed by atoms with Crippen LogP contribution in [-0.4, -0.2) is 50.0 Å². The lowest BCUT2D eigenvalue weighted by molar-refractivity contribution is 0.355. The number of nitrogens with zero attached hydrogens (tertiary/aromatic N) is 3. The predicted octanol–water partition coefficient (Wildman–Crippen LogP) is 1.86. The molecule has 1 fully saturated rings. The van der Waals surface area contributed by atoms with Gasteiger partial charge in [0, 0.05) is 12.3 Å². The number of ether oxygens (including phenoxy) is 2. The van der Waals surface area contributed by atoms with Crippen LogP contribution in [0.3, 0.4) is 0 Å². The zero-order valence-electron chi connectivity index (χ0n) is 16.7. The first-order valence-electron chi connectivity index (χ1n) is 9.07. The Balaban J connectivity index is 2.11. The van der Waals surface area contributed by atoms with E-state index in [-0.39, 0.29) is 34.6 Å². The quantitative estimate of drug-likeness (QED) is 0.715. The first-order valence-corrected chi connectivity index (χ1v) is 10.9. The SMILES string of the molecule is COc1ccc(N=Cc2c(C)c(C#N)c(=O)n(C3CCS(=O)(=O)C3)c2O)cc1OC. The Hall–Kier alpha value is -3.32. The fourth-order valence-corrected chi connectivity index (χ4v) is 5.16. The lowest BCUT2D eigenvalue weighted by atomic mass is 10.0. The van der Waals surface area contributed by atoms with E-state index in [2.05, 4.69) is 4.99 Å². The largest absolute Gasteiger partial charge is 0.494 e. The van der Waals surface area contributed by atoms with Crippen LogP contribution >= 0.6 is 0 Å². The summed E-state index contributed by atoms with van der Waals surface area (Å²) in [7, 11) is -0.298. The first kappa shape index (κ1) is 21.4. The maximum absolute atomic E-state index is 12.7. The molecule has 30 heavy (non-hydrogen) atoms. The first-order chi connectivity index (χ1) is 14.2. The third kappa shape index (κ3) is 3.89. The molecule has 1 aromatic carbocycles. The molecule has 158 valence electrons. The average Bonchev–Trinajstić information content (AvgIpc) is 3.07.